The van der Waals surface area contributed by atoms with E-state index < -0.39 is 5.97 Å². The highest BCUT2D eigenvalue weighted by atomic mass is 16.5. The van der Waals surface area contributed by atoms with Crippen molar-refractivity contribution in [3.63, 3.8) is 0 Å². The van der Waals surface area contributed by atoms with E-state index in [4.69, 9.17) is 9.84 Å². The molecule has 0 unspecified atom stereocenters. The number of ether oxygens (including phenoxy) is 1. The summed E-state index contributed by atoms with van der Waals surface area (Å²) in [6.07, 6.45) is 2.49. The molecule has 0 bridgehead atoms. The number of rotatable bonds is 8. The van der Waals surface area contributed by atoms with Crippen LogP contribution in [0.5, 0.6) is 5.75 Å². The fourth-order valence-electron chi connectivity index (χ4n) is 2.16. The third kappa shape index (κ3) is 8.24. The molecule has 0 saturated carbocycles. The molecule has 1 amide bonds. The number of carboxylic acid groups (broad SMARTS) is 1. The minimum absolute atomic E-state index is 0.139. The number of hydrogen-bond donors (Lipinski definition) is 1. The largest absolute Gasteiger partial charge is 0.482 e. The molecule has 0 aliphatic heterocycles. The minimum atomic E-state index is -1.00. The summed E-state index contributed by atoms with van der Waals surface area (Å²) in [5.41, 5.74) is 1.24. The van der Waals surface area contributed by atoms with Gasteiger partial charge in [0.1, 0.15) is 5.75 Å². The minimum Gasteiger partial charge on any atom is -0.482 e. The molecule has 1 aromatic rings. The zero-order chi connectivity index (χ0) is 17.5. The maximum absolute atomic E-state index is 12.1. The zero-order valence-electron chi connectivity index (χ0n) is 14.5. The van der Waals surface area contributed by atoms with Crippen LogP contribution in [0.1, 0.15) is 45.6 Å². The molecule has 1 aromatic carbocycles. The molecule has 0 saturated heterocycles. The molecule has 0 spiro atoms. The van der Waals surface area contributed by atoms with Crippen LogP contribution in [0.4, 0.5) is 0 Å². The lowest BCUT2D eigenvalue weighted by Gasteiger charge is -2.20. The van der Waals surface area contributed by atoms with Crippen LogP contribution >= 0.6 is 0 Å². The summed E-state index contributed by atoms with van der Waals surface area (Å²) in [6, 6.07) is 7.12. The lowest BCUT2D eigenvalue weighted by molar-refractivity contribution is -0.139. The summed E-state index contributed by atoms with van der Waals surface area (Å²) >= 11 is 0. The molecule has 0 heterocycles. The van der Waals surface area contributed by atoms with Gasteiger partial charge in [0, 0.05) is 20.0 Å². The standard InChI is InChI=1S/C18H27NO4/c1-18(2,3)11-5-6-16(20)19(4)12-14-7-9-15(10-8-14)23-13-17(21)22/h7-10H,5-6,11-13H2,1-4H3,(H,21,22). The summed E-state index contributed by atoms with van der Waals surface area (Å²) in [6.45, 7) is 6.71. The number of hydrogen-bond acceptors (Lipinski definition) is 3. The van der Waals surface area contributed by atoms with Gasteiger partial charge in [-0.25, -0.2) is 4.79 Å². The number of benzene rings is 1. The van der Waals surface area contributed by atoms with Gasteiger partial charge in [0.05, 0.1) is 0 Å². The molecule has 128 valence electrons. The van der Waals surface area contributed by atoms with Crippen molar-refractivity contribution in [2.45, 2.75) is 46.6 Å². The Balaban J connectivity index is 2.42. The van der Waals surface area contributed by atoms with Gasteiger partial charge in [-0.2, -0.15) is 0 Å². The molecule has 1 rings (SSSR count). The first-order valence-corrected chi connectivity index (χ1v) is 7.85. The summed E-state index contributed by atoms with van der Waals surface area (Å²) in [5, 5.41) is 8.56. The topological polar surface area (TPSA) is 66.8 Å². The van der Waals surface area contributed by atoms with Crippen LogP contribution < -0.4 is 4.74 Å². The highest BCUT2D eigenvalue weighted by molar-refractivity contribution is 5.75. The van der Waals surface area contributed by atoms with Crippen molar-refractivity contribution in [1.82, 2.24) is 4.90 Å². The molecular weight excluding hydrogens is 294 g/mol. The van der Waals surface area contributed by atoms with Gasteiger partial charge in [-0.15, -0.1) is 0 Å². The van der Waals surface area contributed by atoms with Crippen LogP contribution in [-0.4, -0.2) is 35.5 Å². The normalized spacial score (nSPS) is 11.1. The van der Waals surface area contributed by atoms with Crippen LogP contribution in [0.2, 0.25) is 0 Å². The first kappa shape index (κ1) is 19.0. The summed E-state index contributed by atoms with van der Waals surface area (Å²) < 4.78 is 5.08. The summed E-state index contributed by atoms with van der Waals surface area (Å²) in [5.74, 6) is -0.356. The van der Waals surface area contributed by atoms with Crippen molar-refractivity contribution in [3.05, 3.63) is 29.8 Å². The Morgan fingerprint density at radius 3 is 2.30 bits per heavy atom. The first-order valence-electron chi connectivity index (χ1n) is 7.85. The van der Waals surface area contributed by atoms with E-state index in [1.807, 2.05) is 12.1 Å². The van der Waals surface area contributed by atoms with Crippen LogP contribution in [0.15, 0.2) is 24.3 Å². The predicted molar refractivity (Wildman–Crippen MR) is 89.4 cm³/mol. The summed E-state index contributed by atoms with van der Waals surface area (Å²) in [4.78, 5) is 24.3. The van der Waals surface area contributed by atoms with Gasteiger partial charge in [-0.05, 0) is 36.0 Å². The van der Waals surface area contributed by atoms with E-state index in [2.05, 4.69) is 20.8 Å². The maximum atomic E-state index is 12.1. The fraction of sp³-hybridized carbons (Fsp3) is 0.556. The molecule has 0 atom stereocenters. The molecule has 5 heteroatoms. The average molecular weight is 321 g/mol. The number of carbonyl (C=O) groups is 2. The Morgan fingerprint density at radius 2 is 1.78 bits per heavy atom. The maximum Gasteiger partial charge on any atom is 0.341 e. The number of nitrogens with zero attached hydrogens (tertiary/aromatic N) is 1. The molecule has 5 nitrogen and oxygen atoms in total. The van der Waals surface area contributed by atoms with Gasteiger partial charge < -0.3 is 14.7 Å². The first-order chi connectivity index (χ1) is 10.7. The van der Waals surface area contributed by atoms with Gasteiger partial charge in [-0.3, -0.25) is 4.79 Å². The second-order valence-electron chi connectivity index (χ2n) is 6.99. The van der Waals surface area contributed by atoms with Crippen molar-refractivity contribution < 1.29 is 19.4 Å². The van der Waals surface area contributed by atoms with Gasteiger partial charge in [-0.1, -0.05) is 32.9 Å². The van der Waals surface area contributed by atoms with Gasteiger partial charge >= 0.3 is 5.97 Å². The molecule has 1 N–H and O–H groups in total. The zero-order valence-corrected chi connectivity index (χ0v) is 14.5. The van der Waals surface area contributed by atoms with Crippen LogP contribution in [0, 0.1) is 5.41 Å². The van der Waals surface area contributed by atoms with Crippen LogP contribution in [0.25, 0.3) is 0 Å². The highest BCUT2D eigenvalue weighted by Crippen LogP contribution is 2.22. The Bertz CT molecular complexity index is 517. The Hall–Kier alpha value is -2.04. The lowest BCUT2D eigenvalue weighted by atomic mass is 9.90. The van der Waals surface area contributed by atoms with E-state index in [-0.39, 0.29) is 17.9 Å². The smallest absolute Gasteiger partial charge is 0.341 e. The van der Waals surface area contributed by atoms with Crippen LogP contribution in [0.3, 0.4) is 0 Å². The van der Waals surface area contributed by atoms with E-state index in [0.717, 1.165) is 18.4 Å². The quantitative estimate of drug-likeness (QED) is 0.797. The molecule has 23 heavy (non-hydrogen) atoms. The Kier molecular flexibility index (Phi) is 7.07. The highest BCUT2D eigenvalue weighted by Gasteiger charge is 2.13. The van der Waals surface area contributed by atoms with E-state index in [9.17, 15) is 9.59 Å². The van der Waals surface area contributed by atoms with Crippen molar-refractivity contribution in [3.8, 4) is 5.75 Å². The molecular formula is C18H27NO4. The molecule has 0 aromatic heterocycles. The Labute approximate surface area is 138 Å². The van der Waals surface area contributed by atoms with Crippen LogP contribution in [-0.2, 0) is 16.1 Å². The average Bonchev–Trinajstić information content (AvgIpc) is 2.45. The molecule has 0 radical (unpaired) electrons. The van der Waals surface area contributed by atoms with E-state index in [1.165, 1.54) is 0 Å². The lowest BCUT2D eigenvalue weighted by Crippen LogP contribution is -2.26. The second kappa shape index (κ2) is 8.56. The number of amides is 1. The van der Waals surface area contributed by atoms with Gasteiger partial charge in [0.25, 0.3) is 0 Å². The predicted octanol–water partition coefficient (Wildman–Crippen LogP) is 3.32. The second-order valence-corrected chi connectivity index (χ2v) is 6.99. The monoisotopic (exact) mass is 321 g/mol. The van der Waals surface area contributed by atoms with E-state index >= 15 is 0 Å². The summed E-state index contributed by atoms with van der Waals surface area (Å²) in [7, 11) is 1.80. The Morgan fingerprint density at radius 1 is 1.17 bits per heavy atom. The van der Waals surface area contributed by atoms with Crippen molar-refractivity contribution in [2.24, 2.45) is 5.41 Å². The number of aliphatic carboxylic acids is 1. The van der Waals surface area contributed by atoms with Crippen molar-refractivity contribution in [2.75, 3.05) is 13.7 Å². The molecule has 0 aliphatic rings. The molecule has 0 aliphatic carbocycles. The van der Waals surface area contributed by atoms with E-state index in [1.54, 1.807) is 24.1 Å². The SMILES string of the molecule is CN(Cc1ccc(OCC(=O)O)cc1)C(=O)CCCC(C)(C)C. The fourth-order valence-corrected chi connectivity index (χ4v) is 2.16. The third-order valence-corrected chi connectivity index (χ3v) is 3.45. The van der Waals surface area contributed by atoms with Gasteiger partial charge in [0.2, 0.25) is 5.91 Å². The number of carbonyl (C=O) groups excluding carboxylic acids is 1. The van der Waals surface area contributed by atoms with Crippen molar-refractivity contribution >= 4 is 11.9 Å². The van der Waals surface area contributed by atoms with E-state index in [0.29, 0.717) is 18.7 Å². The number of carboxylic acids is 1. The molecule has 0 fully saturated rings. The third-order valence-electron chi connectivity index (χ3n) is 3.45. The van der Waals surface area contributed by atoms with Crippen molar-refractivity contribution in [1.29, 1.82) is 0 Å². The van der Waals surface area contributed by atoms with Gasteiger partial charge in [0.15, 0.2) is 6.61 Å².